The van der Waals surface area contributed by atoms with E-state index in [1.165, 1.54) is 17.1 Å². The number of hydrogen-bond acceptors (Lipinski definition) is 12. The van der Waals surface area contributed by atoms with Crippen LogP contribution in [0.1, 0.15) is 30.0 Å². The summed E-state index contributed by atoms with van der Waals surface area (Å²) in [5.41, 5.74) is 4.09. The number of oxime groups is 1. The Morgan fingerprint density at radius 1 is 1.40 bits per heavy atom. The van der Waals surface area contributed by atoms with Gasteiger partial charge in [0.05, 0.1) is 17.0 Å². The number of thiazole rings is 2. The maximum absolute atomic E-state index is 13.3. The zero-order valence-corrected chi connectivity index (χ0v) is 23.5. The second-order valence-electron chi connectivity index (χ2n) is 9.25. The highest BCUT2D eigenvalue weighted by atomic mass is 32.2. The van der Waals surface area contributed by atoms with Crippen LogP contribution in [0.15, 0.2) is 45.5 Å². The molecule has 40 heavy (non-hydrogen) atoms. The van der Waals surface area contributed by atoms with Crippen molar-refractivity contribution in [2.45, 2.75) is 49.7 Å². The number of fused-ring (bicyclic) bond motifs is 1. The molecule has 2 aromatic rings. The van der Waals surface area contributed by atoms with E-state index in [0.717, 1.165) is 21.2 Å². The van der Waals surface area contributed by atoms with Crippen LogP contribution in [-0.4, -0.2) is 67.2 Å². The predicted molar refractivity (Wildman–Crippen MR) is 144 cm³/mol. The summed E-state index contributed by atoms with van der Waals surface area (Å²) in [5.74, 6) is -3.87. The molecule has 16 heteroatoms. The Labute approximate surface area is 240 Å². The van der Waals surface area contributed by atoms with Crippen LogP contribution in [0.5, 0.6) is 0 Å². The third-order valence-electron chi connectivity index (χ3n) is 6.83. The van der Waals surface area contributed by atoms with Crippen molar-refractivity contribution in [3.63, 3.8) is 0 Å². The number of anilines is 1. The molecule has 4 N–H and O–H groups in total. The summed E-state index contributed by atoms with van der Waals surface area (Å²) < 4.78 is 2.00. The number of nitrogens with zero attached hydrogens (tertiary/aromatic N) is 4. The Bertz CT molecular complexity index is 1470. The van der Waals surface area contributed by atoms with Crippen molar-refractivity contribution in [3.05, 3.63) is 51.1 Å². The average Bonchev–Trinajstić information content (AvgIpc) is 3.50. The number of allylic oxidation sites excluding steroid dienone is 2. The van der Waals surface area contributed by atoms with Crippen molar-refractivity contribution in [3.8, 4) is 0 Å². The van der Waals surface area contributed by atoms with Gasteiger partial charge in [-0.25, -0.2) is 9.78 Å². The van der Waals surface area contributed by atoms with Crippen molar-refractivity contribution in [2.24, 2.45) is 5.16 Å². The normalized spacial score (nSPS) is 22.0. The molecule has 1 aliphatic carbocycles. The standard InChI is InChI=1S/C24H24N6O7S3/c1-12-29(8-9-38-12)7-2-4-13-10-39-20-16(19(32)30(20)17(13)21(33)34)27-18(31)15(14-11-40-23(25)26-14)28-37-24(22(35)36)5-3-6-24/h2,4,8-9,11,16,20H,3,5-7,10H2,1H3,(H4-,25,26,27,31,33,34,35,36)/b4-2+,28-15-/t16?,20-/m1/s1. The quantitative estimate of drug-likeness (QED) is 0.141. The first-order valence-corrected chi connectivity index (χ1v) is 14.9. The van der Waals surface area contributed by atoms with E-state index in [4.69, 9.17) is 10.6 Å². The highest BCUT2D eigenvalue weighted by Gasteiger charge is 2.53. The maximum Gasteiger partial charge on any atom is 0.350 e. The predicted octanol–water partition coefficient (Wildman–Crippen LogP) is -0.229. The largest absolute Gasteiger partial charge is 0.543 e. The third-order valence-corrected chi connectivity index (χ3v) is 9.63. The first kappa shape index (κ1) is 27.8. The van der Waals surface area contributed by atoms with Crippen molar-refractivity contribution in [1.82, 2.24) is 15.2 Å². The smallest absolute Gasteiger partial charge is 0.350 e. The second-order valence-corrected chi connectivity index (χ2v) is 12.3. The summed E-state index contributed by atoms with van der Waals surface area (Å²) in [6.07, 6.45) is 6.51. The SMILES string of the molecule is Cc1scc[n+]1C/C=C/C1=C(C(=O)[O-])N2C(=O)C(NC(=O)/C(=N\OC3(C(=O)O)CCC3)c3csc(N)n3)[C@H]2SC1. The summed E-state index contributed by atoms with van der Waals surface area (Å²) in [6.45, 7) is 2.51. The molecule has 2 aliphatic heterocycles. The number of nitrogen functional groups attached to an aromatic ring is 1. The van der Waals surface area contributed by atoms with E-state index in [-0.39, 0.29) is 40.8 Å². The molecule has 4 heterocycles. The fraction of sp³-hybridized carbons (Fsp3) is 0.375. The van der Waals surface area contributed by atoms with E-state index in [2.05, 4.69) is 15.5 Å². The molecule has 2 fully saturated rings. The molecule has 0 spiro atoms. The van der Waals surface area contributed by atoms with E-state index in [9.17, 15) is 29.4 Å². The maximum atomic E-state index is 13.3. The molecule has 210 valence electrons. The Morgan fingerprint density at radius 2 is 2.17 bits per heavy atom. The molecule has 0 radical (unpaired) electrons. The molecule has 1 unspecified atom stereocenters. The van der Waals surface area contributed by atoms with Gasteiger partial charge in [-0.1, -0.05) is 22.6 Å². The van der Waals surface area contributed by atoms with Gasteiger partial charge in [-0.05, 0) is 18.1 Å². The summed E-state index contributed by atoms with van der Waals surface area (Å²) in [6, 6.07) is -1.06. The van der Waals surface area contributed by atoms with Crippen molar-refractivity contribution >= 4 is 69.0 Å². The number of β-lactam (4-membered cyclic amide) rings is 1. The van der Waals surface area contributed by atoms with Gasteiger partial charge in [0, 0.05) is 30.9 Å². The number of hydrogen-bond donors (Lipinski definition) is 3. The number of nitrogens with two attached hydrogens (primary N) is 1. The van der Waals surface area contributed by atoms with Gasteiger partial charge in [0.1, 0.15) is 17.1 Å². The van der Waals surface area contributed by atoms with Crippen molar-refractivity contribution in [2.75, 3.05) is 11.5 Å². The zero-order chi connectivity index (χ0) is 28.6. The van der Waals surface area contributed by atoms with Crippen molar-refractivity contribution in [1.29, 1.82) is 0 Å². The minimum atomic E-state index is -1.53. The van der Waals surface area contributed by atoms with E-state index in [0.29, 0.717) is 18.5 Å². The Hall–Kier alpha value is -3.76. The van der Waals surface area contributed by atoms with Crippen LogP contribution in [0.4, 0.5) is 5.13 Å². The van der Waals surface area contributed by atoms with E-state index < -0.39 is 40.8 Å². The first-order valence-electron chi connectivity index (χ1n) is 12.1. The van der Waals surface area contributed by atoms with Gasteiger partial charge in [0.15, 0.2) is 23.6 Å². The Balaban J connectivity index is 1.33. The number of carbonyl (C=O) groups excluding carboxylic acids is 3. The van der Waals surface area contributed by atoms with Gasteiger partial charge in [-0.3, -0.25) is 14.5 Å². The number of amides is 2. The van der Waals surface area contributed by atoms with Gasteiger partial charge in [0.25, 0.3) is 11.8 Å². The number of nitrogens with one attached hydrogen (secondary N) is 1. The lowest BCUT2D eigenvalue weighted by molar-refractivity contribution is -0.687. The monoisotopic (exact) mass is 604 g/mol. The van der Waals surface area contributed by atoms with E-state index in [1.54, 1.807) is 17.4 Å². The second kappa shape index (κ2) is 11.0. The van der Waals surface area contributed by atoms with Gasteiger partial charge >= 0.3 is 5.97 Å². The topological polar surface area (TPSA) is 191 Å². The minimum Gasteiger partial charge on any atom is -0.543 e. The van der Waals surface area contributed by atoms with E-state index >= 15 is 0 Å². The zero-order valence-electron chi connectivity index (χ0n) is 21.1. The fourth-order valence-electron chi connectivity index (χ4n) is 4.42. The van der Waals surface area contributed by atoms with Crippen molar-refractivity contribution < 1.29 is 38.8 Å². The van der Waals surface area contributed by atoms with Crippen LogP contribution in [0.2, 0.25) is 0 Å². The molecular formula is C24H24N6O7S3. The number of carboxylic acid groups (broad SMARTS) is 2. The van der Waals surface area contributed by atoms with Gasteiger partial charge in [-0.15, -0.1) is 23.1 Å². The molecule has 3 aliphatic rings. The van der Waals surface area contributed by atoms with Crippen LogP contribution in [0.3, 0.4) is 0 Å². The molecule has 2 aromatic heterocycles. The van der Waals surface area contributed by atoms with Crippen LogP contribution in [0, 0.1) is 6.92 Å². The lowest BCUT2D eigenvalue weighted by atomic mass is 9.80. The Kier molecular flexibility index (Phi) is 7.65. The number of carbonyl (C=O) groups is 4. The lowest BCUT2D eigenvalue weighted by Gasteiger charge is -2.50. The number of carboxylic acids is 2. The highest BCUT2D eigenvalue weighted by molar-refractivity contribution is 8.00. The molecular weight excluding hydrogens is 581 g/mol. The van der Waals surface area contributed by atoms with Crippen LogP contribution < -0.4 is 20.7 Å². The average molecular weight is 605 g/mol. The molecule has 0 aromatic carbocycles. The third kappa shape index (κ3) is 5.09. The Morgan fingerprint density at radius 3 is 2.75 bits per heavy atom. The molecule has 2 atom stereocenters. The van der Waals surface area contributed by atoms with Crippen LogP contribution >= 0.6 is 34.4 Å². The van der Waals surface area contributed by atoms with Gasteiger partial charge in [0.2, 0.25) is 10.6 Å². The van der Waals surface area contributed by atoms with Crippen LogP contribution in [-0.2, 0) is 30.6 Å². The molecule has 1 saturated carbocycles. The molecule has 5 rings (SSSR count). The number of rotatable bonds is 10. The van der Waals surface area contributed by atoms with Gasteiger partial charge in [-0.2, -0.15) is 4.57 Å². The minimum absolute atomic E-state index is 0.0567. The lowest BCUT2D eigenvalue weighted by Crippen LogP contribution is -2.71. The number of aromatic nitrogens is 2. The summed E-state index contributed by atoms with van der Waals surface area (Å²) >= 11 is 3.93. The molecule has 0 bridgehead atoms. The van der Waals surface area contributed by atoms with Gasteiger partial charge < -0.3 is 30.9 Å². The first-order chi connectivity index (χ1) is 19.1. The van der Waals surface area contributed by atoms with Crippen LogP contribution in [0.25, 0.3) is 0 Å². The highest BCUT2D eigenvalue weighted by Crippen LogP contribution is 2.40. The summed E-state index contributed by atoms with van der Waals surface area (Å²) in [7, 11) is 0. The van der Waals surface area contributed by atoms with E-state index in [1.807, 2.05) is 29.1 Å². The number of thioether (sulfide) groups is 1. The summed E-state index contributed by atoms with van der Waals surface area (Å²) in [5, 5.41) is 31.9. The molecule has 13 nitrogen and oxygen atoms in total. The fourth-order valence-corrected chi connectivity index (χ4v) is 6.96. The molecule has 1 saturated heterocycles. The number of aryl methyl sites for hydroxylation is 1. The molecule has 2 amide bonds. The summed E-state index contributed by atoms with van der Waals surface area (Å²) in [4.78, 5) is 60.5. The number of aliphatic carboxylic acids is 2.